The van der Waals surface area contributed by atoms with Crippen molar-refractivity contribution in [2.75, 3.05) is 13.2 Å². The molecular formula is C16H20N2O5. The largest absolute Gasteiger partial charge is 0.507 e. The fourth-order valence-corrected chi connectivity index (χ4v) is 2.63. The number of esters is 1. The zero-order valence-electron chi connectivity index (χ0n) is 12.9. The number of hydrogen-bond donors (Lipinski definition) is 2. The SMILES string of the molecule is Cc1ccc(C(=O)OCC(=O)N2CCCC[C@@H]2C(N)=O)c(O)c1. The van der Waals surface area contributed by atoms with Crippen molar-refractivity contribution in [1.29, 1.82) is 0 Å². The van der Waals surface area contributed by atoms with E-state index in [0.717, 1.165) is 18.4 Å². The van der Waals surface area contributed by atoms with E-state index in [1.165, 1.54) is 17.0 Å². The molecule has 0 bridgehead atoms. The summed E-state index contributed by atoms with van der Waals surface area (Å²) >= 11 is 0. The van der Waals surface area contributed by atoms with E-state index in [0.29, 0.717) is 13.0 Å². The summed E-state index contributed by atoms with van der Waals surface area (Å²) in [6.07, 6.45) is 2.13. The van der Waals surface area contributed by atoms with E-state index < -0.39 is 30.4 Å². The fourth-order valence-electron chi connectivity index (χ4n) is 2.63. The Morgan fingerprint density at radius 1 is 1.35 bits per heavy atom. The van der Waals surface area contributed by atoms with Crippen molar-refractivity contribution < 1.29 is 24.2 Å². The zero-order valence-corrected chi connectivity index (χ0v) is 12.9. The third-order valence-electron chi connectivity index (χ3n) is 3.85. The van der Waals surface area contributed by atoms with Crippen LogP contribution in [0.4, 0.5) is 0 Å². The minimum absolute atomic E-state index is 0.00602. The van der Waals surface area contributed by atoms with Gasteiger partial charge in [-0.1, -0.05) is 6.07 Å². The Hall–Kier alpha value is -2.57. The van der Waals surface area contributed by atoms with Crippen molar-refractivity contribution in [3.8, 4) is 5.75 Å². The smallest absolute Gasteiger partial charge is 0.342 e. The number of amides is 2. The van der Waals surface area contributed by atoms with Gasteiger partial charge in [-0.05, 0) is 43.9 Å². The topological polar surface area (TPSA) is 110 Å². The number of phenols is 1. The van der Waals surface area contributed by atoms with Crippen LogP contribution in [0.2, 0.25) is 0 Å². The standard InChI is InChI=1S/C16H20N2O5/c1-10-5-6-11(13(19)8-10)16(22)23-9-14(20)18-7-3-2-4-12(18)15(17)21/h5-6,8,12,19H,2-4,7,9H2,1H3,(H2,17,21)/t12-/m1/s1. The van der Waals surface area contributed by atoms with Crippen LogP contribution in [0.3, 0.4) is 0 Å². The van der Waals surface area contributed by atoms with Gasteiger partial charge in [0.05, 0.1) is 0 Å². The molecule has 1 atom stereocenters. The van der Waals surface area contributed by atoms with Gasteiger partial charge in [-0.3, -0.25) is 9.59 Å². The lowest BCUT2D eigenvalue weighted by atomic mass is 10.0. The molecule has 0 saturated carbocycles. The Balaban J connectivity index is 1.97. The first-order valence-electron chi connectivity index (χ1n) is 7.45. The lowest BCUT2D eigenvalue weighted by Crippen LogP contribution is -2.51. The second-order valence-electron chi connectivity index (χ2n) is 5.60. The number of piperidine rings is 1. The molecule has 0 aliphatic carbocycles. The Morgan fingerprint density at radius 2 is 2.09 bits per heavy atom. The first-order chi connectivity index (χ1) is 10.9. The Bertz CT molecular complexity index is 629. The number of ether oxygens (including phenoxy) is 1. The highest BCUT2D eigenvalue weighted by Gasteiger charge is 2.31. The molecule has 1 saturated heterocycles. The molecular weight excluding hydrogens is 300 g/mol. The number of rotatable bonds is 4. The number of aromatic hydroxyl groups is 1. The molecule has 1 aromatic carbocycles. The van der Waals surface area contributed by atoms with E-state index in [1.807, 2.05) is 0 Å². The summed E-state index contributed by atoms with van der Waals surface area (Å²) in [5.41, 5.74) is 6.10. The summed E-state index contributed by atoms with van der Waals surface area (Å²) in [6, 6.07) is 3.88. The number of benzene rings is 1. The maximum absolute atomic E-state index is 12.2. The molecule has 2 rings (SSSR count). The summed E-state index contributed by atoms with van der Waals surface area (Å²) in [7, 11) is 0. The summed E-state index contributed by atoms with van der Waals surface area (Å²) in [5.74, 6) is -2.01. The van der Waals surface area contributed by atoms with Crippen LogP contribution in [0.15, 0.2) is 18.2 Å². The highest BCUT2D eigenvalue weighted by Crippen LogP contribution is 2.20. The monoisotopic (exact) mass is 320 g/mol. The van der Waals surface area contributed by atoms with E-state index in [1.54, 1.807) is 13.0 Å². The molecule has 1 fully saturated rings. The van der Waals surface area contributed by atoms with Gasteiger partial charge in [0.2, 0.25) is 5.91 Å². The lowest BCUT2D eigenvalue weighted by Gasteiger charge is -2.33. The Kier molecular flexibility index (Phi) is 5.20. The van der Waals surface area contributed by atoms with Crippen molar-refractivity contribution >= 4 is 17.8 Å². The fraction of sp³-hybridized carbons (Fsp3) is 0.438. The molecule has 7 heteroatoms. The number of aryl methyl sites for hydroxylation is 1. The minimum Gasteiger partial charge on any atom is -0.507 e. The number of phenolic OH excluding ortho intramolecular Hbond substituents is 1. The van der Waals surface area contributed by atoms with Crippen LogP contribution in [0.5, 0.6) is 5.75 Å². The van der Waals surface area contributed by atoms with Gasteiger partial charge in [-0.25, -0.2) is 4.79 Å². The van der Waals surface area contributed by atoms with E-state index in [9.17, 15) is 19.5 Å². The van der Waals surface area contributed by atoms with Crippen LogP contribution >= 0.6 is 0 Å². The molecule has 124 valence electrons. The van der Waals surface area contributed by atoms with E-state index in [2.05, 4.69) is 0 Å². The predicted molar refractivity (Wildman–Crippen MR) is 81.7 cm³/mol. The summed E-state index contributed by atoms with van der Waals surface area (Å²) in [5, 5.41) is 9.73. The van der Waals surface area contributed by atoms with E-state index >= 15 is 0 Å². The van der Waals surface area contributed by atoms with Crippen molar-refractivity contribution in [2.45, 2.75) is 32.2 Å². The first kappa shape index (κ1) is 16.8. The predicted octanol–water partition coefficient (Wildman–Crippen LogP) is 0.724. The van der Waals surface area contributed by atoms with Crippen LogP contribution in [-0.4, -0.2) is 47.0 Å². The number of nitrogens with zero attached hydrogens (tertiary/aromatic N) is 1. The molecule has 7 nitrogen and oxygen atoms in total. The molecule has 1 heterocycles. The van der Waals surface area contributed by atoms with Crippen LogP contribution in [0.1, 0.15) is 35.2 Å². The molecule has 1 aliphatic heterocycles. The van der Waals surface area contributed by atoms with Gasteiger partial charge >= 0.3 is 5.97 Å². The Morgan fingerprint density at radius 3 is 2.74 bits per heavy atom. The average molecular weight is 320 g/mol. The number of primary amides is 1. The number of hydrogen-bond acceptors (Lipinski definition) is 5. The maximum atomic E-state index is 12.2. The van der Waals surface area contributed by atoms with Gasteiger partial charge in [0.1, 0.15) is 17.4 Å². The van der Waals surface area contributed by atoms with Crippen molar-refractivity contribution in [2.24, 2.45) is 5.73 Å². The van der Waals surface area contributed by atoms with Gasteiger partial charge in [0.15, 0.2) is 6.61 Å². The average Bonchev–Trinajstić information content (AvgIpc) is 2.52. The van der Waals surface area contributed by atoms with Gasteiger partial charge in [0.25, 0.3) is 5.91 Å². The number of carbonyl (C=O) groups is 3. The lowest BCUT2D eigenvalue weighted by molar-refractivity contribution is -0.143. The third-order valence-corrected chi connectivity index (χ3v) is 3.85. The minimum atomic E-state index is -0.788. The second kappa shape index (κ2) is 7.13. The second-order valence-corrected chi connectivity index (χ2v) is 5.60. The Labute approximate surface area is 134 Å². The first-order valence-corrected chi connectivity index (χ1v) is 7.45. The van der Waals surface area contributed by atoms with E-state index in [-0.39, 0.29) is 11.3 Å². The van der Waals surface area contributed by atoms with Gasteiger partial charge in [-0.15, -0.1) is 0 Å². The number of likely N-dealkylation sites (tertiary alicyclic amines) is 1. The zero-order chi connectivity index (χ0) is 17.0. The van der Waals surface area contributed by atoms with Gasteiger partial charge in [-0.2, -0.15) is 0 Å². The van der Waals surface area contributed by atoms with Crippen LogP contribution in [-0.2, 0) is 14.3 Å². The highest BCUT2D eigenvalue weighted by atomic mass is 16.5. The van der Waals surface area contributed by atoms with Crippen LogP contribution < -0.4 is 5.73 Å². The maximum Gasteiger partial charge on any atom is 0.342 e. The summed E-state index contributed by atoms with van der Waals surface area (Å²) in [6.45, 7) is 1.70. The molecule has 3 N–H and O–H groups in total. The summed E-state index contributed by atoms with van der Waals surface area (Å²) in [4.78, 5) is 36.8. The quantitative estimate of drug-likeness (QED) is 0.795. The molecule has 1 aromatic rings. The van der Waals surface area contributed by atoms with Gasteiger partial charge in [0, 0.05) is 6.54 Å². The van der Waals surface area contributed by atoms with Crippen LogP contribution in [0, 0.1) is 6.92 Å². The highest BCUT2D eigenvalue weighted by molar-refractivity contribution is 5.94. The molecule has 0 unspecified atom stereocenters. The molecule has 0 radical (unpaired) electrons. The molecule has 1 aliphatic rings. The molecule has 0 spiro atoms. The number of nitrogens with two attached hydrogens (primary N) is 1. The normalized spacial score (nSPS) is 17.6. The number of carbonyl (C=O) groups excluding carboxylic acids is 3. The molecule has 23 heavy (non-hydrogen) atoms. The van der Waals surface area contributed by atoms with Gasteiger partial charge < -0.3 is 20.5 Å². The van der Waals surface area contributed by atoms with Crippen molar-refractivity contribution in [1.82, 2.24) is 4.90 Å². The van der Waals surface area contributed by atoms with Crippen molar-refractivity contribution in [3.63, 3.8) is 0 Å². The summed E-state index contributed by atoms with van der Waals surface area (Å²) < 4.78 is 4.95. The van der Waals surface area contributed by atoms with Crippen molar-refractivity contribution in [3.05, 3.63) is 29.3 Å². The molecule has 0 aromatic heterocycles. The molecule has 2 amide bonds. The third kappa shape index (κ3) is 4.00. The van der Waals surface area contributed by atoms with Crippen LogP contribution in [0.25, 0.3) is 0 Å². The van der Waals surface area contributed by atoms with E-state index in [4.69, 9.17) is 10.5 Å².